The van der Waals surface area contributed by atoms with E-state index in [1.165, 1.54) is 18.4 Å². The van der Waals surface area contributed by atoms with Crippen LogP contribution in [0.3, 0.4) is 0 Å². The maximum Gasteiger partial charge on any atom is 0.138 e. The maximum atomic E-state index is 5.41. The summed E-state index contributed by atoms with van der Waals surface area (Å²) < 4.78 is 1.05. The molecule has 0 amide bonds. The predicted molar refractivity (Wildman–Crippen MR) is 81.3 cm³/mol. The van der Waals surface area contributed by atoms with Gasteiger partial charge in [0.15, 0.2) is 0 Å². The summed E-state index contributed by atoms with van der Waals surface area (Å²) in [5.74, 6) is 0.990. The van der Waals surface area contributed by atoms with Gasteiger partial charge in [0.2, 0.25) is 0 Å². The number of aromatic nitrogens is 1. The number of nitrogens with zero attached hydrogens (tertiary/aromatic N) is 3. The lowest BCUT2D eigenvalue weighted by molar-refractivity contribution is 0.204. The second-order valence-electron chi connectivity index (χ2n) is 4.48. The summed E-state index contributed by atoms with van der Waals surface area (Å²) >= 11 is 7.18. The summed E-state index contributed by atoms with van der Waals surface area (Å²) in [6.45, 7) is 5.22. The van der Waals surface area contributed by atoms with Gasteiger partial charge in [-0.1, -0.05) is 37.3 Å². The molecule has 5 heteroatoms. The van der Waals surface area contributed by atoms with Gasteiger partial charge < -0.3 is 4.90 Å². The Morgan fingerprint density at radius 1 is 1.39 bits per heavy atom. The van der Waals surface area contributed by atoms with Crippen LogP contribution in [-0.2, 0) is 6.54 Å². The fraction of sp³-hybridized carbons (Fsp3) is 0.538. The van der Waals surface area contributed by atoms with Crippen molar-refractivity contribution in [2.75, 3.05) is 19.1 Å². The van der Waals surface area contributed by atoms with E-state index in [2.05, 4.69) is 33.8 Å². The van der Waals surface area contributed by atoms with E-state index in [4.69, 9.17) is 12.2 Å². The molecule has 1 aliphatic rings. The first-order valence-corrected chi connectivity index (χ1v) is 7.72. The maximum absolute atomic E-state index is 5.41. The summed E-state index contributed by atoms with van der Waals surface area (Å²) in [6, 6.07) is 4.15. The highest BCUT2D eigenvalue weighted by Gasteiger charge is 2.20. The van der Waals surface area contributed by atoms with Crippen LogP contribution in [0.1, 0.15) is 25.3 Å². The number of hydrogen-bond acceptors (Lipinski definition) is 4. The Labute approximate surface area is 119 Å². The molecule has 0 N–H and O–H groups in total. The highest BCUT2D eigenvalue weighted by Crippen LogP contribution is 2.20. The molecule has 2 heterocycles. The van der Waals surface area contributed by atoms with Crippen LogP contribution >= 0.6 is 24.0 Å². The minimum atomic E-state index is 0.953. The first-order chi connectivity index (χ1) is 8.79. The van der Waals surface area contributed by atoms with Gasteiger partial charge >= 0.3 is 0 Å². The van der Waals surface area contributed by atoms with Gasteiger partial charge in [0.25, 0.3) is 0 Å². The van der Waals surface area contributed by atoms with Crippen LogP contribution in [0.25, 0.3) is 0 Å². The van der Waals surface area contributed by atoms with Crippen LogP contribution in [0.5, 0.6) is 0 Å². The topological polar surface area (TPSA) is 19.4 Å². The minimum Gasteiger partial charge on any atom is -0.344 e. The average Bonchev–Trinajstić information content (AvgIpc) is 2.40. The number of pyridine rings is 1. The Bertz CT molecular complexity index is 383. The molecule has 1 aromatic heterocycles. The standard InChI is InChI=1S/C13H19N3S2/c1-2-3-8-16-10-15(11-18-13(16)17)9-12-4-6-14-7-5-12/h4-7H,2-3,8-11H2,1H3. The molecule has 2 rings (SSSR count). The van der Waals surface area contributed by atoms with E-state index in [1.807, 2.05) is 12.4 Å². The quantitative estimate of drug-likeness (QED) is 0.771. The molecule has 0 radical (unpaired) electrons. The second-order valence-corrected chi connectivity index (χ2v) is 6.06. The lowest BCUT2D eigenvalue weighted by atomic mass is 10.2. The number of rotatable bonds is 5. The van der Waals surface area contributed by atoms with Crippen molar-refractivity contribution in [3.63, 3.8) is 0 Å². The zero-order chi connectivity index (χ0) is 12.8. The molecule has 0 aromatic carbocycles. The lowest BCUT2D eigenvalue weighted by Crippen LogP contribution is -2.44. The van der Waals surface area contributed by atoms with Gasteiger partial charge in [0.05, 0.1) is 12.5 Å². The summed E-state index contributed by atoms with van der Waals surface area (Å²) in [5.41, 5.74) is 1.31. The molecular formula is C13H19N3S2. The molecule has 0 unspecified atom stereocenters. The third-order valence-electron chi connectivity index (χ3n) is 2.94. The van der Waals surface area contributed by atoms with E-state index in [0.29, 0.717) is 0 Å². The molecule has 0 spiro atoms. The molecule has 1 aromatic rings. The molecule has 3 nitrogen and oxygen atoms in total. The number of thiocarbonyl (C=S) groups is 1. The van der Waals surface area contributed by atoms with Crippen LogP contribution in [0, 0.1) is 0 Å². The Morgan fingerprint density at radius 3 is 2.89 bits per heavy atom. The first-order valence-electron chi connectivity index (χ1n) is 6.32. The van der Waals surface area contributed by atoms with Gasteiger partial charge in [-0.2, -0.15) is 0 Å². The Kier molecular flexibility index (Phi) is 5.41. The highest BCUT2D eigenvalue weighted by atomic mass is 32.2. The van der Waals surface area contributed by atoms with Crippen molar-refractivity contribution < 1.29 is 0 Å². The van der Waals surface area contributed by atoms with Crippen molar-refractivity contribution in [3.05, 3.63) is 30.1 Å². The van der Waals surface area contributed by atoms with Crippen molar-refractivity contribution in [3.8, 4) is 0 Å². The van der Waals surface area contributed by atoms with Gasteiger partial charge in [-0.25, -0.2) is 0 Å². The first kappa shape index (κ1) is 13.8. The van der Waals surface area contributed by atoms with Crippen molar-refractivity contribution in [2.24, 2.45) is 0 Å². The molecule has 1 saturated heterocycles. The monoisotopic (exact) mass is 281 g/mol. The summed E-state index contributed by atoms with van der Waals surface area (Å²) in [4.78, 5) is 8.79. The van der Waals surface area contributed by atoms with Gasteiger partial charge in [-0.3, -0.25) is 9.88 Å². The molecule has 0 atom stereocenters. The largest absolute Gasteiger partial charge is 0.344 e. The Morgan fingerprint density at radius 2 is 2.17 bits per heavy atom. The molecular weight excluding hydrogens is 262 g/mol. The predicted octanol–water partition coefficient (Wildman–Crippen LogP) is 2.93. The second kappa shape index (κ2) is 7.07. The van der Waals surface area contributed by atoms with Gasteiger partial charge in [0.1, 0.15) is 4.32 Å². The molecule has 0 bridgehead atoms. The van der Waals surface area contributed by atoms with E-state index in [-0.39, 0.29) is 0 Å². The average molecular weight is 281 g/mol. The van der Waals surface area contributed by atoms with Crippen LogP contribution in [0.2, 0.25) is 0 Å². The highest BCUT2D eigenvalue weighted by molar-refractivity contribution is 8.22. The smallest absolute Gasteiger partial charge is 0.138 e. The van der Waals surface area contributed by atoms with Crippen molar-refractivity contribution >= 4 is 28.3 Å². The molecule has 0 saturated carbocycles. The number of hydrogen-bond donors (Lipinski definition) is 0. The van der Waals surface area contributed by atoms with Crippen LogP contribution in [0.15, 0.2) is 24.5 Å². The number of unbranched alkanes of at least 4 members (excludes halogenated alkanes) is 1. The lowest BCUT2D eigenvalue weighted by Gasteiger charge is -2.36. The van der Waals surface area contributed by atoms with Crippen molar-refractivity contribution in [1.82, 2.24) is 14.8 Å². The number of thioether (sulfide) groups is 1. The molecule has 18 heavy (non-hydrogen) atoms. The normalized spacial score (nSPS) is 17.2. The van der Waals surface area contributed by atoms with E-state index >= 15 is 0 Å². The molecule has 0 aliphatic carbocycles. The fourth-order valence-corrected chi connectivity index (χ4v) is 3.04. The third kappa shape index (κ3) is 3.93. The molecule has 98 valence electrons. The van der Waals surface area contributed by atoms with E-state index in [0.717, 1.165) is 30.0 Å². The SMILES string of the molecule is CCCCN1CN(Cc2ccncc2)CSC1=S. The zero-order valence-electron chi connectivity index (χ0n) is 10.7. The fourth-order valence-electron chi connectivity index (χ4n) is 1.93. The molecule has 1 fully saturated rings. The van der Waals surface area contributed by atoms with Crippen LogP contribution in [0.4, 0.5) is 0 Å². The van der Waals surface area contributed by atoms with E-state index in [1.54, 1.807) is 11.8 Å². The summed E-state index contributed by atoms with van der Waals surface area (Å²) in [7, 11) is 0. The minimum absolute atomic E-state index is 0.953. The van der Waals surface area contributed by atoms with Crippen molar-refractivity contribution in [2.45, 2.75) is 26.3 Å². The third-order valence-corrected chi connectivity index (χ3v) is 4.55. The van der Waals surface area contributed by atoms with Crippen LogP contribution < -0.4 is 0 Å². The van der Waals surface area contributed by atoms with Crippen molar-refractivity contribution in [1.29, 1.82) is 0 Å². The molecule has 1 aliphatic heterocycles. The van der Waals surface area contributed by atoms with Gasteiger partial charge in [-0.15, -0.1) is 0 Å². The van der Waals surface area contributed by atoms with Gasteiger partial charge in [-0.05, 0) is 24.1 Å². The Balaban J connectivity index is 1.89. The van der Waals surface area contributed by atoms with E-state index < -0.39 is 0 Å². The summed E-state index contributed by atoms with van der Waals surface area (Å²) in [6.07, 6.45) is 6.13. The Hall–Kier alpha value is -0.650. The van der Waals surface area contributed by atoms with Crippen LogP contribution in [-0.4, -0.2) is 38.2 Å². The van der Waals surface area contributed by atoms with Gasteiger partial charge in [0, 0.05) is 25.5 Å². The zero-order valence-corrected chi connectivity index (χ0v) is 12.3. The summed E-state index contributed by atoms with van der Waals surface area (Å²) in [5, 5.41) is 0. The van der Waals surface area contributed by atoms with E-state index in [9.17, 15) is 0 Å².